The van der Waals surface area contributed by atoms with Crippen molar-refractivity contribution in [3.63, 3.8) is 0 Å². The molecule has 0 aromatic heterocycles. The van der Waals surface area contributed by atoms with Crippen molar-refractivity contribution in [3.8, 4) is 0 Å². The quantitative estimate of drug-likeness (QED) is 0.726. The maximum Gasteiger partial charge on any atom is 0.236 e. The Morgan fingerprint density at radius 2 is 2.00 bits per heavy atom. The average molecular weight is 212 g/mol. The van der Waals surface area contributed by atoms with Crippen LogP contribution in [0, 0.1) is 5.92 Å². The molecular weight excluding hydrogens is 188 g/mol. The van der Waals surface area contributed by atoms with Gasteiger partial charge in [0, 0.05) is 19.1 Å². The van der Waals surface area contributed by atoms with Gasteiger partial charge in [0.15, 0.2) is 0 Å². The van der Waals surface area contributed by atoms with Crippen molar-refractivity contribution in [3.05, 3.63) is 0 Å². The summed E-state index contributed by atoms with van der Waals surface area (Å²) in [4.78, 5) is 13.6. The van der Waals surface area contributed by atoms with Crippen LogP contribution < -0.4 is 5.32 Å². The first-order valence-electron chi connectivity index (χ1n) is 6.20. The highest BCUT2D eigenvalue weighted by molar-refractivity contribution is 5.78. The van der Waals surface area contributed by atoms with Crippen molar-refractivity contribution >= 4 is 5.91 Å². The van der Waals surface area contributed by atoms with Gasteiger partial charge in [0.05, 0.1) is 6.54 Å². The van der Waals surface area contributed by atoms with Crippen LogP contribution in [0.2, 0.25) is 0 Å². The third-order valence-electron chi connectivity index (χ3n) is 3.55. The fourth-order valence-electron chi connectivity index (χ4n) is 2.04. The molecule has 1 unspecified atom stereocenters. The number of nitrogens with zero attached hydrogens (tertiary/aromatic N) is 1. The minimum Gasteiger partial charge on any atom is -0.342 e. The predicted octanol–water partition coefficient (Wildman–Crippen LogP) is 1.63. The highest BCUT2D eigenvalue weighted by Gasteiger charge is 2.24. The zero-order valence-electron chi connectivity index (χ0n) is 10.3. The molecule has 15 heavy (non-hydrogen) atoms. The number of carbonyl (C=O) groups is 1. The van der Waals surface area contributed by atoms with Gasteiger partial charge in [0.25, 0.3) is 0 Å². The standard InChI is InChI=1S/C12H24N2O/c1-4-14(5-2)12(15)9-13-10(3)11-7-6-8-11/h10-11,13H,4-9H2,1-3H3. The lowest BCUT2D eigenvalue weighted by Gasteiger charge is -2.32. The number of hydrogen-bond donors (Lipinski definition) is 1. The van der Waals surface area contributed by atoms with Gasteiger partial charge < -0.3 is 10.2 Å². The van der Waals surface area contributed by atoms with Gasteiger partial charge in [0.1, 0.15) is 0 Å². The maximum atomic E-state index is 11.7. The molecule has 88 valence electrons. The van der Waals surface area contributed by atoms with Crippen LogP contribution in [0.15, 0.2) is 0 Å². The second-order valence-corrected chi connectivity index (χ2v) is 4.43. The fraction of sp³-hybridized carbons (Fsp3) is 0.917. The lowest BCUT2D eigenvalue weighted by atomic mass is 9.80. The molecule has 1 amide bonds. The minimum atomic E-state index is 0.228. The van der Waals surface area contributed by atoms with Gasteiger partial charge in [-0.05, 0) is 39.5 Å². The van der Waals surface area contributed by atoms with E-state index in [1.807, 2.05) is 18.7 Å². The molecule has 1 atom stereocenters. The van der Waals surface area contributed by atoms with Crippen molar-refractivity contribution in [2.24, 2.45) is 5.92 Å². The van der Waals surface area contributed by atoms with Gasteiger partial charge in [-0.25, -0.2) is 0 Å². The largest absolute Gasteiger partial charge is 0.342 e. The summed E-state index contributed by atoms with van der Waals surface area (Å²) >= 11 is 0. The van der Waals surface area contributed by atoms with Crippen molar-refractivity contribution in [1.29, 1.82) is 0 Å². The highest BCUT2D eigenvalue weighted by Crippen LogP contribution is 2.29. The van der Waals surface area contributed by atoms with E-state index in [0.717, 1.165) is 19.0 Å². The van der Waals surface area contributed by atoms with Crippen LogP contribution in [0.1, 0.15) is 40.0 Å². The van der Waals surface area contributed by atoms with E-state index < -0.39 is 0 Å². The minimum absolute atomic E-state index is 0.228. The summed E-state index contributed by atoms with van der Waals surface area (Å²) in [5, 5.41) is 3.34. The molecule has 0 aromatic carbocycles. The average Bonchev–Trinajstić information content (AvgIpc) is 2.14. The summed E-state index contributed by atoms with van der Waals surface area (Å²) in [5.41, 5.74) is 0. The van der Waals surface area contributed by atoms with Gasteiger partial charge in [-0.3, -0.25) is 4.79 Å². The van der Waals surface area contributed by atoms with Crippen LogP contribution in [0.4, 0.5) is 0 Å². The van der Waals surface area contributed by atoms with E-state index in [0.29, 0.717) is 12.6 Å². The van der Waals surface area contributed by atoms with Gasteiger partial charge in [0.2, 0.25) is 5.91 Å². The molecule has 1 rings (SSSR count). The molecule has 3 heteroatoms. The number of amides is 1. The second kappa shape index (κ2) is 6.11. The zero-order valence-corrected chi connectivity index (χ0v) is 10.3. The van der Waals surface area contributed by atoms with Crippen molar-refractivity contribution < 1.29 is 4.79 Å². The van der Waals surface area contributed by atoms with E-state index in [2.05, 4.69) is 12.2 Å². The number of rotatable bonds is 6. The first-order valence-corrected chi connectivity index (χ1v) is 6.20. The lowest BCUT2D eigenvalue weighted by molar-refractivity contribution is -0.130. The van der Waals surface area contributed by atoms with E-state index >= 15 is 0 Å². The SMILES string of the molecule is CCN(CC)C(=O)CNC(C)C1CCC1. The molecule has 1 saturated carbocycles. The lowest BCUT2D eigenvalue weighted by Crippen LogP contribution is -2.44. The summed E-state index contributed by atoms with van der Waals surface area (Å²) in [6.07, 6.45) is 4.02. The Morgan fingerprint density at radius 3 is 2.40 bits per heavy atom. The zero-order chi connectivity index (χ0) is 11.3. The molecule has 1 fully saturated rings. The maximum absolute atomic E-state index is 11.7. The molecule has 1 aliphatic carbocycles. The summed E-state index contributed by atoms with van der Waals surface area (Å²) in [6.45, 7) is 8.37. The number of nitrogens with one attached hydrogen (secondary N) is 1. The number of carbonyl (C=O) groups excluding carboxylic acids is 1. The normalized spacial score (nSPS) is 18.3. The van der Waals surface area contributed by atoms with Gasteiger partial charge in [-0.15, -0.1) is 0 Å². The molecule has 0 saturated heterocycles. The smallest absolute Gasteiger partial charge is 0.236 e. The van der Waals surface area contributed by atoms with Gasteiger partial charge in [-0.2, -0.15) is 0 Å². The Morgan fingerprint density at radius 1 is 1.40 bits per heavy atom. The third kappa shape index (κ3) is 3.49. The van der Waals surface area contributed by atoms with Crippen molar-refractivity contribution in [1.82, 2.24) is 10.2 Å². The van der Waals surface area contributed by atoms with Crippen molar-refractivity contribution in [2.45, 2.75) is 46.1 Å². The molecule has 0 radical (unpaired) electrons. The highest BCUT2D eigenvalue weighted by atomic mass is 16.2. The summed E-state index contributed by atoms with van der Waals surface area (Å²) in [5.74, 6) is 1.03. The van der Waals surface area contributed by atoms with E-state index in [9.17, 15) is 4.79 Å². The van der Waals surface area contributed by atoms with Crippen LogP contribution in [0.5, 0.6) is 0 Å². The molecule has 1 N–H and O–H groups in total. The molecule has 0 aromatic rings. The first kappa shape index (κ1) is 12.5. The molecule has 3 nitrogen and oxygen atoms in total. The number of hydrogen-bond acceptors (Lipinski definition) is 2. The Labute approximate surface area is 93.2 Å². The topological polar surface area (TPSA) is 32.3 Å². The Bertz CT molecular complexity index is 198. The predicted molar refractivity (Wildman–Crippen MR) is 62.7 cm³/mol. The molecule has 1 aliphatic rings. The Kier molecular flexibility index (Phi) is 5.09. The van der Waals surface area contributed by atoms with Crippen LogP contribution in [-0.4, -0.2) is 36.5 Å². The third-order valence-corrected chi connectivity index (χ3v) is 3.55. The number of likely N-dealkylation sites (N-methyl/N-ethyl adjacent to an activating group) is 1. The summed E-state index contributed by atoms with van der Waals surface area (Å²) < 4.78 is 0. The summed E-state index contributed by atoms with van der Waals surface area (Å²) in [6, 6.07) is 0.498. The van der Waals surface area contributed by atoms with E-state index in [4.69, 9.17) is 0 Å². The Balaban J connectivity index is 2.20. The monoisotopic (exact) mass is 212 g/mol. The first-order chi connectivity index (χ1) is 7.19. The van der Waals surface area contributed by atoms with Crippen LogP contribution in [0.3, 0.4) is 0 Å². The van der Waals surface area contributed by atoms with E-state index in [1.54, 1.807) is 0 Å². The molecular formula is C12H24N2O. The Hall–Kier alpha value is -0.570. The van der Waals surface area contributed by atoms with Gasteiger partial charge in [-0.1, -0.05) is 6.42 Å². The molecule has 0 spiro atoms. The molecule has 0 bridgehead atoms. The van der Waals surface area contributed by atoms with Crippen LogP contribution >= 0.6 is 0 Å². The van der Waals surface area contributed by atoms with Crippen LogP contribution in [0.25, 0.3) is 0 Å². The van der Waals surface area contributed by atoms with Crippen molar-refractivity contribution in [2.75, 3.05) is 19.6 Å². The van der Waals surface area contributed by atoms with E-state index in [-0.39, 0.29) is 5.91 Å². The van der Waals surface area contributed by atoms with Gasteiger partial charge >= 0.3 is 0 Å². The molecule has 0 aliphatic heterocycles. The fourth-order valence-corrected chi connectivity index (χ4v) is 2.04. The second-order valence-electron chi connectivity index (χ2n) is 4.43. The van der Waals surface area contributed by atoms with Crippen LogP contribution in [-0.2, 0) is 4.79 Å². The molecule has 0 heterocycles. The van der Waals surface area contributed by atoms with E-state index in [1.165, 1.54) is 19.3 Å². The summed E-state index contributed by atoms with van der Waals surface area (Å²) in [7, 11) is 0.